The maximum absolute atomic E-state index is 12.4. The number of likely N-dealkylation sites (tertiary alicyclic amines) is 1. The summed E-state index contributed by atoms with van der Waals surface area (Å²) in [6.45, 7) is 0.409. The number of carboxylic acids is 1. The Balaban J connectivity index is 2.23. The van der Waals surface area contributed by atoms with Crippen molar-refractivity contribution < 1.29 is 23.1 Å². The largest absolute Gasteiger partial charge is 0.480 e. The van der Waals surface area contributed by atoms with Crippen molar-refractivity contribution in [3.8, 4) is 0 Å². The van der Waals surface area contributed by atoms with Crippen LogP contribution in [0.15, 0.2) is 24.3 Å². The Bertz CT molecular complexity index is 668. The van der Waals surface area contributed by atoms with Crippen LogP contribution in [-0.2, 0) is 20.4 Å². The van der Waals surface area contributed by atoms with Gasteiger partial charge in [-0.15, -0.1) is 0 Å². The van der Waals surface area contributed by atoms with E-state index in [-0.39, 0.29) is 11.7 Å². The quantitative estimate of drug-likeness (QED) is 0.892. The Morgan fingerprint density at radius 3 is 2.71 bits per heavy atom. The van der Waals surface area contributed by atoms with Gasteiger partial charge in [0.1, 0.15) is 6.04 Å². The minimum absolute atomic E-state index is 0.142. The first-order valence-electron chi connectivity index (χ1n) is 6.58. The number of hydrogen-bond donors (Lipinski definition) is 1. The van der Waals surface area contributed by atoms with Gasteiger partial charge in [0.15, 0.2) is 9.84 Å². The van der Waals surface area contributed by atoms with Crippen molar-refractivity contribution in [1.82, 2.24) is 4.90 Å². The van der Waals surface area contributed by atoms with E-state index in [0.717, 1.165) is 6.26 Å². The van der Waals surface area contributed by atoms with E-state index in [9.17, 15) is 18.0 Å². The first-order valence-corrected chi connectivity index (χ1v) is 8.64. The van der Waals surface area contributed by atoms with Crippen molar-refractivity contribution >= 4 is 21.7 Å². The Labute approximate surface area is 123 Å². The summed E-state index contributed by atoms with van der Waals surface area (Å²) < 4.78 is 22.6. The van der Waals surface area contributed by atoms with Crippen molar-refractivity contribution in [2.75, 3.05) is 12.8 Å². The summed E-state index contributed by atoms with van der Waals surface area (Å²) in [5.74, 6) is -1.51. The van der Waals surface area contributed by atoms with E-state index in [0.29, 0.717) is 30.5 Å². The van der Waals surface area contributed by atoms with Crippen LogP contribution >= 0.6 is 0 Å². The number of carbonyl (C=O) groups is 2. The van der Waals surface area contributed by atoms with E-state index in [1.165, 1.54) is 11.0 Å². The maximum atomic E-state index is 12.4. The van der Waals surface area contributed by atoms with Gasteiger partial charge < -0.3 is 10.0 Å². The molecule has 1 aliphatic heterocycles. The Hall–Kier alpha value is -1.89. The second-order valence-electron chi connectivity index (χ2n) is 5.27. The van der Waals surface area contributed by atoms with Gasteiger partial charge in [-0.05, 0) is 30.5 Å². The van der Waals surface area contributed by atoms with Crippen LogP contribution in [0.5, 0.6) is 0 Å². The second kappa shape index (κ2) is 5.85. The molecule has 0 spiro atoms. The smallest absolute Gasteiger partial charge is 0.326 e. The molecule has 1 aromatic carbocycles. The van der Waals surface area contributed by atoms with Crippen LogP contribution in [0.2, 0.25) is 0 Å². The Kier molecular flexibility index (Phi) is 4.32. The fourth-order valence-corrected chi connectivity index (χ4v) is 3.31. The number of aliphatic carboxylic acids is 1. The zero-order valence-electron chi connectivity index (χ0n) is 11.7. The summed E-state index contributed by atoms with van der Waals surface area (Å²) in [7, 11) is -3.18. The second-order valence-corrected chi connectivity index (χ2v) is 7.41. The number of hydrogen-bond acceptors (Lipinski definition) is 4. The number of nitrogens with zero attached hydrogens (tertiary/aromatic N) is 1. The third-order valence-corrected chi connectivity index (χ3v) is 4.26. The van der Waals surface area contributed by atoms with E-state index in [2.05, 4.69) is 0 Å². The van der Waals surface area contributed by atoms with Gasteiger partial charge in [-0.25, -0.2) is 13.2 Å². The van der Waals surface area contributed by atoms with Gasteiger partial charge in [0, 0.05) is 18.4 Å². The highest BCUT2D eigenvalue weighted by Gasteiger charge is 2.34. The van der Waals surface area contributed by atoms with E-state index in [1.54, 1.807) is 18.2 Å². The predicted octanol–water partition coefficient (Wildman–Crippen LogP) is 0.920. The SMILES string of the molecule is CS(=O)(=O)Cc1cccc(C(=O)N2CCCC2C(=O)O)c1. The van der Waals surface area contributed by atoms with Crippen molar-refractivity contribution in [3.05, 3.63) is 35.4 Å². The topological polar surface area (TPSA) is 91.8 Å². The molecule has 1 saturated heterocycles. The molecule has 0 bridgehead atoms. The van der Waals surface area contributed by atoms with E-state index < -0.39 is 21.8 Å². The van der Waals surface area contributed by atoms with Crippen LogP contribution in [0.3, 0.4) is 0 Å². The average molecular weight is 311 g/mol. The molecule has 1 atom stereocenters. The molecule has 0 radical (unpaired) electrons. The highest BCUT2D eigenvalue weighted by molar-refractivity contribution is 7.89. The van der Waals surface area contributed by atoms with Gasteiger partial charge in [0.25, 0.3) is 5.91 Å². The van der Waals surface area contributed by atoms with Gasteiger partial charge in [-0.3, -0.25) is 4.79 Å². The molecular weight excluding hydrogens is 294 g/mol. The molecule has 1 amide bonds. The molecule has 0 aliphatic carbocycles. The van der Waals surface area contributed by atoms with Crippen LogP contribution in [0.1, 0.15) is 28.8 Å². The predicted molar refractivity (Wildman–Crippen MR) is 76.7 cm³/mol. The van der Waals surface area contributed by atoms with Crippen molar-refractivity contribution in [2.45, 2.75) is 24.6 Å². The maximum Gasteiger partial charge on any atom is 0.326 e. The van der Waals surface area contributed by atoms with E-state index in [1.807, 2.05) is 0 Å². The fourth-order valence-electron chi connectivity index (χ4n) is 2.53. The lowest BCUT2D eigenvalue weighted by molar-refractivity contribution is -0.141. The molecule has 1 N–H and O–H groups in total. The lowest BCUT2D eigenvalue weighted by atomic mass is 10.1. The molecule has 21 heavy (non-hydrogen) atoms. The van der Waals surface area contributed by atoms with Crippen LogP contribution in [0.25, 0.3) is 0 Å². The molecular formula is C14H17NO5S. The van der Waals surface area contributed by atoms with Crippen molar-refractivity contribution in [2.24, 2.45) is 0 Å². The molecule has 1 aromatic rings. The molecule has 0 aromatic heterocycles. The molecule has 1 fully saturated rings. The molecule has 1 unspecified atom stereocenters. The van der Waals surface area contributed by atoms with Gasteiger partial charge in [0.05, 0.1) is 5.75 Å². The molecule has 0 saturated carbocycles. The Morgan fingerprint density at radius 1 is 1.38 bits per heavy atom. The van der Waals surface area contributed by atoms with Gasteiger partial charge >= 0.3 is 5.97 Å². The summed E-state index contributed by atoms with van der Waals surface area (Å²) >= 11 is 0. The van der Waals surface area contributed by atoms with Crippen LogP contribution in [0, 0.1) is 0 Å². The first-order chi connectivity index (χ1) is 9.78. The fraction of sp³-hybridized carbons (Fsp3) is 0.429. The number of benzene rings is 1. The molecule has 1 aliphatic rings. The summed E-state index contributed by atoms with van der Waals surface area (Å²) in [6, 6.07) is 5.54. The monoisotopic (exact) mass is 311 g/mol. The lowest BCUT2D eigenvalue weighted by Crippen LogP contribution is -2.40. The van der Waals surface area contributed by atoms with Crippen LogP contribution < -0.4 is 0 Å². The van der Waals surface area contributed by atoms with Crippen molar-refractivity contribution in [3.63, 3.8) is 0 Å². The minimum atomic E-state index is -3.18. The highest BCUT2D eigenvalue weighted by atomic mass is 32.2. The highest BCUT2D eigenvalue weighted by Crippen LogP contribution is 2.21. The van der Waals surface area contributed by atoms with Gasteiger partial charge in [-0.2, -0.15) is 0 Å². The third-order valence-electron chi connectivity index (χ3n) is 3.40. The molecule has 7 heteroatoms. The summed E-state index contributed by atoms with van der Waals surface area (Å²) in [5.41, 5.74) is 0.846. The number of carbonyl (C=O) groups excluding carboxylic acids is 1. The standard InChI is InChI=1S/C14H17NO5S/c1-21(19,20)9-10-4-2-5-11(8-10)13(16)15-7-3-6-12(15)14(17)18/h2,4-5,8,12H,3,6-7,9H2,1H3,(H,17,18). The van der Waals surface area contributed by atoms with Crippen LogP contribution in [-0.4, -0.2) is 49.1 Å². The number of amides is 1. The summed E-state index contributed by atoms with van der Waals surface area (Å²) in [5, 5.41) is 9.11. The zero-order valence-corrected chi connectivity index (χ0v) is 12.5. The van der Waals surface area contributed by atoms with Gasteiger partial charge in [-0.1, -0.05) is 12.1 Å². The summed E-state index contributed by atoms with van der Waals surface area (Å²) in [4.78, 5) is 24.9. The number of carboxylic acid groups (broad SMARTS) is 1. The Morgan fingerprint density at radius 2 is 2.10 bits per heavy atom. The van der Waals surface area contributed by atoms with Gasteiger partial charge in [0.2, 0.25) is 0 Å². The molecule has 114 valence electrons. The normalized spacial score (nSPS) is 18.7. The van der Waals surface area contributed by atoms with E-state index in [4.69, 9.17) is 5.11 Å². The zero-order chi connectivity index (χ0) is 15.6. The van der Waals surface area contributed by atoms with E-state index >= 15 is 0 Å². The minimum Gasteiger partial charge on any atom is -0.480 e. The molecule has 2 rings (SSSR count). The first kappa shape index (κ1) is 15.5. The average Bonchev–Trinajstić information content (AvgIpc) is 2.85. The molecule has 6 nitrogen and oxygen atoms in total. The lowest BCUT2D eigenvalue weighted by Gasteiger charge is -2.21. The third kappa shape index (κ3) is 3.81. The number of rotatable bonds is 4. The number of sulfone groups is 1. The summed E-state index contributed by atoms with van der Waals surface area (Å²) in [6.07, 6.45) is 2.23. The molecule has 1 heterocycles. The van der Waals surface area contributed by atoms with Crippen molar-refractivity contribution in [1.29, 1.82) is 0 Å². The van der Waals surface area contributed by atoms with Crippen LogP contribution in [0.4, 0.5) is 0 Å².